The van der Waals surface area contributed by atoms with E-state index in [1.807, 2.05) is 0 Å². The molecule has 2 aromatic heterocycles. The molecule has 0 aliphatic heterocycles. The molecule has 92 valence electrons. The average Bonchev–Trinajstić information content (AvgIpc) is 2.87. The smallest absolute Gasteiger partial charge is 0.0931 e. The number of rotatable bonds is 2. The van der Waals surface area contributed by atoms with Gasteiger partial charge in [-0.15, -0.1) is 34.3 Å². The molecule has 0 spiro atoms. The van der Waals surface area contributed by atoms with Crippen LogP contribution in [-0.4, -0.2) is 0 Å². The van der Waals surface area contributed by atoms with E-state index in [1.165, 1.54) is 31.0 Å². The normalized spacial score (nSPS) is 13.1. The highest BCUT2D eigenvalue weighted by molar-refractivity contribution is 7.27. The first-order valence-corrected chi connectivity index (χ1v) is 7.96. The summed E-state index contributed by atoms with van der Waals surface area (Å²) in [6.07, 6.45) is 0. The van der Waals surface area contributed by atoms with Gasteiger partial charge in [0.25, 0.3) is 0 Å². The van der Waals surface area contributed by atoms with Crippen molar-refractivity contribution < 1.29 is 0 Å². The average molecular weight is 293 g/mol. The fourth-order valence-corrected chi connectivity index (χ4v) is 4.73. The first-order valence-electron chi connectivity index (χ1n) is 5.83. The summed E-state index contributed by atoms with van der Waals surface area (Å²) in [5.41, 5.74) is 3.77. The minimum Gasteiger partial charge on any atom is -0.143 e. The molecule has 3 heteroatoms. The molecule has 0 aliphatic rings. The maximum Gasteiger partial charge on any atom is 0.0931 e. The fourth-order valence-electron chi connectivity index (χ4n) is 2.17. The second-order valence-electron chi connectivity index (χ2n) is 4.52. The summed E-state index contributed by atoms with van der Waals surface area (Å²) >= 11 is 10.2. The Bertz CT molecular complexity index is 665. The van der Waals surface area contributed by atoms with Gasteiger partial charge in [-0.2, -0.15) is 0 Å². The number of fused-ring (bicyclic) bond motifs is 1. The molecular formula is C15H13ClS2. The molecule has 0 fully saturated rings. The third-order valence-corrected chi connectivity index (χ3v) is 5.86. The molecule has 0 saturated heterocycles. The molecule has 0 saturated carbocycles. The van der Waals surface area contributed by atoms with E-state index in [1.54, 1.807) is 22.7 Å². The molecule has 18 heavy (non-hydrogen) atoms. The lowest BCUT2D eigenvalue weighted by Gasteiger charge is -2.11. The van der Waals surface area contributed by atoms with Crippen LogP contribution in [0.1, 0.15) is 26.9 Å². The maximum atomic E-state index is 6.63. The van der Waals surface area contributed by atoms with E-state index in [9.17, 15) is 0 Å². The molecule has 3 rings (SSSR count). The van der Waals surface area contributed by atoms with E-state index in [0.29, 0.717) is 0 Å². The number of benzene rings is 1. The second kappa shape index (κ2) is 4.69. The summed E-state index contributed by atoms with van der Waals surface area (Å²) in [5, 5.41) is 2.10. The SMILES string of the molecule is Cc1ccc(C(Cl)c2cc3sccc3s2)c(C)c1. The Hall–Kier alpha value is -0.830. The van der Waals surface area contributed by atoms with Gasteiger partial charge in [0.15, 0.2) is 0 Å². The Morgan fingerprint density at radius 1 is 1.06 bits per heavy atom. The topological polar surface area (TPSA) is 0 Å². The van der Waals surface area contributed by atoms with Crippen LogP contribution in [0, 0.1) is 13.8 Å². The maximum absolute atomic E-state index is 6.63. The second-order valence-corrected chi connectivity index (χ2v) is 7.02. The van der Waals surface area contributed by atoms with Gasteiger partial charge in [0.1, 0.15) is 0 Å². The highest BCUT2D eigenvalue weighted by Gasteiger charge is 2.16. The van der Waals surface area contributed by atoms with E-state index in [0.717, 1.165) is 0 Å². The molecule has 0 amide bonds. The van der Waals surface area contributed by atoms with Gasteiger partial charge < -0.3 is 0 Å². The van der Waals surface area contributed by atoms with Crippen molar-refractivity contribution in [1.29, 1.82) is 0 Å². The molecule has 0 N–H and O–H groups in total. The summed E-state index contributed by atoms with van der Waals surface area (Å²) in [6.45, 7) is 4.24. The van der Waals surface area contributed by atoms with Crippen LogP contribution in [0.15, 0.2) is 35.7 Å². The van der Waals surface area contributed by atoms with Crippen molar-refractivity contribution >= 4 is 43.7 Å². The van der Waals surface area contributed by atoms with Crippen molar-refractivity contribution in [1.82, 2.24) is 0 Å². The number of alkyl halides is 1. The van der Waals surface area contributed by atoms with Gasteiger partial charge >= 0.3 is 0 Å². The molecule has 0 nitrogen and oxygen atoms in total. The number of aryl methyl sites for hydroxylation is 2. The first kappa shape index (κ1) is 12.2. The van der Waals surface area contributed by atoms with Gasteiger partial charge in [0.05, 0.1) is 5.38 Å². The molecule has 1 unspecified atom stereocenters. The quantitative estimate of drug-likeness (QED) is 0.515. The van der Waals surface area contributed by atoms with E-state index >= 15 is 0 Å². The lowest BCUT2D eigenvalue weighted by molar-refractivity contribution is 1.14. The molecule has 0 radical (unpaired) electrons. The zero-order valence-electron chi connectivity index (χ0n) is 10.2. The van der Waals surface area contributed by atoms with E-state index in [4.69, 9.17) is 11.6 Å². The monoisotopic (exact) mass is 292 g/mol. The van der Waals surface area contributed by atoms with Gasteiger partial charge in [0, 0.05) is 14.3 Å². The Morgan fingerprint density at radius 3 is 2.61 bits per heavy atom. The van der Waals surface area contributed by atoms with Crippen molar-refractivity contribution in [3.8, 4) is 0 Å². The minimum absolute atomic E-state index is 0.0322. The molecule has 1 atom stereocenters. The first-order chi connectivity index (χ1) is 8.65. The standard InChI is InChI=1S/C15H13ClS2/c1-9-3-4-11(10(2)7-9)15(16)14-8-13-12(18-14)5-6-17-13/h3-8,15H,1-2H3. The van der Waals surface area contributed by atoms with Crippen LogP contribution in [0.4, 0.5) is 0 Å². The predicted octanol–water partition coefficient (Wildman–Crippen LogP) is 5.91. The van der Waals surface area contributed by atoms with Crippen LogP contribution < -0.4 is 0 Å². The number of hydrogen-bond acceptors (Lipinski definition) is 2. The molecule has 2 heterocycles. The highest BCUT2D eigenvalue weighted by atomic mass is 35.5. The molecular weight excluding hydrogens is 280 g/mol. The van der Waals surface area contributed by atoms with Gasteiger partial charge in [0.2, 0.25) is 0 Å². The summed E-state index contributed by atoms with van der Waals surface area (Å²) in [5.74, 6) is 0. The highest BCUT2D eigenvalue weighted by Crippen LogP contribution is 2.39. The Labute approximate surface area is 120 Å². The van der Waals surface area contributed by atoms with Crippen LogP contribution >= 0.6 is 34.3 Å². The largest absolute Gasteiger partial charge is 0.143 e. The predicted molar refractivity (Wildman–Crippen MR) is 83.3 cm³/mol. The molecule has 0 aliphatic carbocycles. The summed E-state index contributed by atoms with van der Waals surface area (Å²) in [4.78, 5) is 1.24. The lowest BCUT2D eigenvalue weighted by atomic mass is 10.0. The van der Waals surface area contributed by atoms with Gasteiger partial charge in [-0.3, -0.25) is 0 Å². The van der Waals surface area contributed by atoms with E-state index in [2.05, 4.69) is 49.6 Å². The number of halogens is 1. The van der Waals surface area contributed by atoms with Crippen LogP contribution in [-0.2, 0) is 0 Å². The molecule has 0 bridgehead atoms. The van der Waals surface area contributed by atoms with Crippen molar-refractivity contribution in [2.24, 2.45) is 0 Å². The van der Waals surface area contributed by atoms with Crippen molar-refractivity contribution in [3.63, 3.8) is 0 Å². The Morgan fingerprint density at radius 2 is 1.89 bits per heavy atom. The number of thiophene rings is 2. The Balaban J connectivity index is 2.03. The van der Waals surface area contributed by atoms with Gasteiger partial charge in [-0.1, -0.05) is 23.8 Å². The van der Waals surface area contributed by atoms with E-state index < -0.39 is 0 Å². The summed E-state index contributed by atoms with van der Waals surface area (Å²) < 4.78 is 2.68. The summed E-state index contributed by atoms with van der Waals surface area (Å²) in [6, 6.07) is 10.9. The third-order valence-electron chi connectivity index (χ3n) is 3.11. The summed E-state index contributed by atoms with van der Waals surface area (Å²) in [7, 11) is 0. The van der Waals surface area contributed by atoms with Crippen molar-refractivity contribution in [2.75, 3.05) is 0 Å². The zero-order valence-corrected chi connectivity index (χ0v) is 12.6. The van der Waals surface area contributed by atoms with E-state index in [-0.39, 0.29) is 5.38 Å². The number of hydrogen-bond donors (Lipinski definition) is 0. The minimum atomic E-state index is -0.0322. The molecule has 1 aromatic carbocycles. The van der Waals surface area contributed by atoms with Crippen LogP contribution in [0.25, 0.3) is 9.40 Å². The lowest BCUT2D eigenvalue weighted by Crippen LogP contribution is -1.94. The molecule has 3 aromatic rings. The van der Waals surface area contributed by atoms with Crippen molar-refractivity contribution in [2.45, 2.75) is 19.2 Å². The fraction of sp³-hybridized carbons (Fsp3) is 0.200. The van der Waals surface area contributed by atoms with Crippen LogP contribution in [0.5, 0.6) is 0 Å². The van der Waals surface area contributed by atoms with Crippen LogP contribution in [0.2, 0.25) is 0 Å². The third kappa shape index (κ3) is 2.09. The van der Waals surface area contributed by atoms with Crippen molar-refractivity contribution in [3.05, 3.63) is 57.3 Å². The zero-order chi connectivity index (χ0) is 12.7. The van der Waals surface area contributed by atoms with Gasteiger partial charge in [-0.25, -0.2) is 0 Å². The van der Waals surface area contributed by atoms with Crippen LogP contribution in [0.3, 0.4) is 0 Å². The van der Waals surface area contributed by atoms with Gasteiger partial charge in [-0.05, 0) is 42.5 Å². The Kier molecular flexibility index (Phi) is 3.18.